The van der Waals surface area contributed by atoms with Crippen molar-refractivity contribution in [3.05, 3.63) is 6.29 Å². The number of ether oxygens (including phenoxy) is 1. The second-order valence-electron chi connectivity index (χ2n) is 1.16. The summed E-state index contributed by atoms with van der Waals surface area (Å²) in [5, 5.41) is 8.32. The van der Waals surface area contributed by atoms with E-state index < -0.39 is 0 Å². The molecule has 0 aromatic carbocycles. The highest BCUT2D eigenvalue weighted by Gasteiger charge is 1.91. The van der Waals surface area contributed by atoms with E-state index in [1.54, 1.807) is 0 Å². The van der Waals surface area contributed by atoms with Crippen molar-refractivity contribution in [1.82, 2.24) is 0 Å². The monoisotopic (exact) mass is 104 g/mol. The Morgan fingerprint density at radius 2 is 2.43 bits per heavy atom. The van der Waals surface area contributed by atoms with Crippen LogP contribution in [0.5, 0.6) is 0 Å². The Morgan fingerprint density at radius 3 is 2.57 bits per heavy atom. The molecule has 3 heteroatoms. The minimum atomic E-state index is -0.0227. The van der Waals surface area contributed by atoms with Gasteiger partial charge in [-0.1, -0.05) is 0 Å². The fourth-order valence-electron chi connectivity index (χ4n) is 0.207. The summed E-state index contributed by atoms with van der Waals surface area (Å²) in [5.41, 5.74) is 5.03. The van der Waals surface area contributed by atoms with E-state index in [0.717, 1.165) is 0 Å². The molecule has 3 nitrogen and oxygen atoms in total. The van der Waals surface area contributed by atoms with Crippen molar-refractivity contribution >= 4 is 0 Å². The van der Waals surface area contributed by atoms with Gasteiger partial charge in [0.1, 0.15) is 0 Å². The zero-order valence-electron chi connectivity index (χ0n) is 4.35. The van der Waals surface area contributed by atoms with Gasteiger partial charge in [0, 0.05) is 6.54 Å². The summed E-state index contributed by atoms with van der Waals surface area (Å²) in [4.78, 5) is 0. The van der Waals surface area contributed by atoms with Gasteiger partial charge in [-0.15, -0.1) is 0 Å². The van der Waals surface area contributed by atoms with Crippen LogP contribution in [0.2, 0.25) is 0 Å². The van der Waals surface area contributed by atoms with Gasteiger partial charge in [0.2, 0.25) is 6.29 Å². The highest BCUT2D eigenvalue weighted by atomic mass is 16.6. The molecule has 7 heavy (non-hydrogen) atoms. The van der Waals surface area contributed by atoms with Crippen molar-refractivity contribution in [2.24, 2.45) is 5.73 Å². The first-order valence-corrected chi connectivity index (χ1v) is 2.12. The van der Waals surface area contributed by atoms with Gasteiger partial charge in [-0.05, 0) is 6.92 Å². The maximum absolute atomic E-state index is 8.32. The normalized spacial score (nSPS) is 10.3. The summed E-state index contributed by atoms with van der Waals surface area (Å²) in [6, 6.07) is 0. The van der Waals surface area contributed by atoms with Crippen LogP contribution in [-0.2, 0) is 4.74 Å². The first kappa shape index (κ1) is 6.88. The number of rotatable bonds is 3. The lowest BCUT2D eigenvalue weighted by molar-refractivity contribution is 0.0189. The number of hydrogen-bond donors (Lipinski definition) is 2. The molecule has 0 fully saturated rings. The van der Waals surface area contributed by atoms with Gasteiger partial charge in [-0.25, -0.2) is 0 Å². The molecule has 0 amide bonds. The summed E-state index contributed by atoms with van der Waals surface area (Å²) in [7, 11) is 0. The fourth-order valence-corrected chi connectivity index (χ4v) is 0.207. The summed E-state index contributed by atoms with van der Waals surface area (Å²) in [5.74, 6) is 0. The third-order valence-electron chi connectivity index (χ3n) is 0.429. The Bertz CT molecular complexity index is 38.7. The first-order valence-electron chi connectivity index (χ1n) is 2.12. The largest absolute Gasteiger partial charge is 0.362 e. The van der Waals surface area contributed by atoms with Crippen molar-refractivity contribution in [3.8, 4) is 0 Å². The molecule has 0 atom stereocenters. The number of nitrogens with two attached hydrogens (primary N) is 1. The Morgan fingerprint density at radius 1 is 1.86 bits per heavy atom. The Balaban J connectivity index is 2.68. The molecular formula is C4H10NO2. The lowest BCUT2D eigenvalue weighted by Crippen LogP contribution is -2.09. The molecule has 0 aromatic heterocycles. The molecule has 1 radical (unpaired) electrons. The molecule has 0 aliphatic rings. The Kier molecular flexibility index (Phi) is 3.98. The number of hydrogen-bond acceptors (Lipinski definition) is 3. The molecule has 0 aromatic rings. The van der Waals surface area contributed by atoms with Gasteiger partial charge in [0.25, 0.3) is 0 Å². The number of aliphatic hydroxyl groups is 1. The molecule has 0 unspecified atom stereocenters. The van der Waals surface area contributed by atoms with Crippen LogP contribution < -0.4 is 5.73 Å². The highest BCUT2D eigenvalue weighted by molar-refractivity contribution is 4.47. The number of aliphatic hydroxyl groups excluding tert-OH is 1. The lowest BCUT2D eigenvalue weighted by atomic mass is 10.7. The van der Waals surface area contributed by atoms with E-state index in [4.69, 9.17) is 10.8 Å². The summed E-state index contributed by atoms with van der Waals surface area (Å²) < 4.78 is 4.54. The molecular weight excluding hydrogens is 94.0 g/mol. The van der Waals surface area contributed by atoms with Gasteiger partial charge in [0.05, 0.1) is 6.61 Å². The standard InChI is InChI=1S/C4H10NO2/c1-4(6)7-3-2-5/h6H,2-3,5H2,1H3. The second kappa shape index (κ2) is 4.05. The first-order chi connectivity index (χ1) is 3.27. The fraction of sp³-hybridized carbons (Fsp3) is 0.750. The summed E-state index contributed by atoms with van der Waals surface area (Å²) >= 11 is 0. The molecule has 0 saturated heterocycles. The smallest absolute Gasteiger partial charge is 0.217 e. The molecule has 0 saturated carbocycles. The SMILES string of the molecule is C[C](O)OCCN. The van der Waals surface area contributed by atoms with Crippen molar-refractivity contribution < 1.29 is 9.84 Å². The summed E-state index contributed by atoms with van der Waals surface area (Å²) in [6.45, 7) is 2.30. The quantitative estimate of drug-likeness (QED) is 0.523. The van der Waals surface area contributed by atoms with E-state index in [-0.39, 0.29) is 6.29 Å². The van der Waals surface area contributed by atoms with Gasteiger partial charge in [0.15, 0.2) is 0 Å². The Hall–Kier alpha value is -0.120. The highest BCUT2D eigenvalue weighted by Crippen LogP contribution is 1.89. The van der Waals surface area contributed by atoms with E-state index in [2.05, 4.69) is 4.74 Å². The van der Waals surface area contributed by atoms with Crippen LogP contribution in [0.3, 0.4) is 0 Å². The van der Waals surface area contributed by atoms with Crippen LogP contribution in [0.15, 0.2) is 0 Å². The van der Waals surface area contributed by atoms with E-state index in [1.807, 2.05) is 0 Å². The molecule has 3 N–H and O–H groups in total. The minimum Gasteiger partial charge on any atom is -0.362 e. The zero-order chi connectivity index (χ0) is 5.70. The molecule has 43 valence electrons. The maximum atomic E-state index is 8.32. The van der Waals surface area contributed by atoms with Gasteiger partial charge in [-0.3, -0.25) is 0 Å². The van der Waals surface area contributed by atoms with Crippen molar-refractivity contribution in [2.75, 3.05) is 13.2 Å². The van der Waals surface area contributed by atoms with Crippen LogP contribution >= 0.6 is 0 Å². The van der Waals surface area contributed by atoms with E-state index in [9.17, 15) is 0 Å². The minimum absolute atomic E-state index is 0.0227. The summed E-state index contributed by atoms with van der Waals surface area (Å²) in [6.07, 6.45) is -0.0227. The van der Waals surface area contributed by atoms with Crippen molar-refractivity contribution in [3.63, 3.8) is 0 Å². The molecule has 0 heterocycles. The Labute approximate surface area is 43.1 Å². The molecule has 0 spiro atoms. The van der Waals surface area contributed by atoms with Crippen LogP contribution in [0.1, 0.15) is 6.92 Å². The van der Waals surface area contributed by atoms with Crippen LogP contribution in [0, 0.1) is 6.29 Å². The van der Waals surface area contributed by atoms with Gasteiger partial charge in [-0.2, -0.15) is 0 Å². The second-order valence-corrected chi connectivity index (χ2v) is 1.16. The van der Waals surface area contributed by atoms with Crippen molar-refractivity contribution in [1.29, 1.82) is 0 Å². The van der Waals surface area contributed by atoms with Crippen LogP contribution in [0.4, 0.5) is 0 Å². The van der Waals surface area contributed by atoms with Crippen molar-refractivity contribution in [2.45, 2.75) is 6.92 Å². The average Bonchev–Trinajstić information content (AvgIpc) is 1.61. The van der Waals surface area contributed by atoms with E-state index in [1.165, 1.54) is 6.92 Å². The van der Waals surface area contributed by atoms with E-state index in [0.29, 0.717) is 13.2 Å². The third-order valence-corrected chi connectivity index (χ3v) is 0.429. The topological polar surface area (TPSA) is 55.5 Å². The predicted molar refractivity (Wildman–Crippen MR) is 25.9 cm³/mol. The predicted octanol–water partition coefficient (Wildman–Crippen LogP) is -0.156. The van der Waals surface area contributed by atoms with Crippen LogP contribution in [0.25, 0.3) is 0 Å². The molecule has 0 aliphatic heterocycles. The van der Waals surface area contributed by atoms with Gasteiger partial charge < -0.3 is 15.6 Å². The maximum Gasteiger partial charge on any atom is 0.217 e. The van der Waals surface area contributed by atoms with E-state index >= 15 is 0 Å². The molecule has 0 aliphatic carbocycles. The molecule has 0 bridgehead atoms. The average molecular weight is 104 g/mol. The lowest BCUT2D eigenvalue weighted by Gasteiger charge is -1.99. The molecule has 0 rings (SSSR count). The van der Waals surface area contributed by atoms with Gasteiger partial charge >= 0.3 is 0 Å². The zero-order valence-corrected chi connectivity index (χ0v) is 4.35. The third kappa shape index (κ3) is 5.88. The van der Waals surface area contributed by atoms with Crippen LogP contribution in [-0.4, -0.2) is 18.3 Å².